The first-order valence-electron chi connectivity index (χ1n) is 15.6. The van der Waals surface area contributed by atoms with Gasteiger partial charge in [-0.2, -0.15) is 73.7 Å². The van der Waals surface area contributed by atoms with Crippen molar-refractivity contribution in [2.45, 2.75) is 24.7 Å². The molecule has 0 saturated heterocycles. The molecular weight excluding hydrogens is 802 g/mol. The van der Waals surface area contributed by atoms with Crippen LogP contribution >= 0.6 is 0 Å². The molecule has 0 bridgehead atoms. The second-order valence-electron chi connectivity index (χ2n) is 12.1. The van der Waals surface area contributed by atoms with E-state index in [9.17, 15) is 73.7 Å². The van der Waals surface area contributed by atoms with E-state index in [-0.39, 0.29) is 36.4 Å². The van der Waals surface area contributed by atoms with Gasteiger partial charge in [-0.1, -0.05) is 12.1 Å². The number of nitriles is 4. The number of hydrogen-bond acceptors (Lipinski definition) is 4. The van der Waals surface area contributed by atoms with Gasteiger partial charge in [0.25, 0.3) is 0 Å². The third kappa shape index (κ3) is 8.47. The fraction of sp³-hybridized carbons (Fsp3) is 0.100. The summed E-state index contributed by atoms with van der Waals surface area (Å²) in [4.78, 5) is 0. The van der Waals surface area contributed by atoms with Gasteiger partial charge in [0.15, 0.2) is 0 Å². The number of nitrogens with zero attached hydrogens (tertiary/aromatic N) is 4. The van der Waals surface area contributed by atoms with Crippen molar-refractivity contribution in [2.24, 2.45) is 0 Å². The summed E-state index contributed by atoms with van der Waals surface area (Å²) < 4.78 is 197. The van der Waals surface area contributed by atoms with Crippen molar-refractivity contribution in [3.05, 3.63) is 152 Å². The molecule has 0 fully saturated rings. The Labute approximate surface area is 316 Å². The Kier molecular flexibility index (Phi) is 10.9. The number of rotatable bonds is 4. The van der Waals surface area contributed by atoms with Gasteiger partial charge in [-0.15, -0.1) is 0 Å². The average molecular weight is 817 g/mol. The molecule has 0 unspecified atom stereocenters. The Balaban J connectivity index is 2.14. The van der Waals surface area contributed by atoms with Gasteiger partial charge < -0.3 is 0 Å². The molecule has 0 heterocycles. The molecule has 18 heteroatoms. The molecule has 0 N–H and O–H groups in total. The third-order valence-corrected chi connectivity index (χ3v) is 8.47. The molecule has 0 spiro atoms. The molecule has 0 saturated carbocycles. The van der Waals surface area contributed by atoms with Gasteiger partial charge in [0.2, 0.25) is 0 Å². The van der Waals surface area contributed by atoms with Crippen LogP contribution in [0.15, 0.2) is 84.9 Å². The van der Waals surface area contributed by atoms with Crippen molar-refractivity contribution >= 4 is 11.1 Å². The predicted molar refractivity (Wildman–Crippen MR) is 175 cm³/mol. The summed E-state index contributed by atoms with van der Waals surface area (Å²) in [6.45, 7) is 0. The van der Waals surface area contributed by atoms with Crippen LogP contribution in [0, 0.1) is 57.0 Å². The second-order valence-corrected chi connectivity index (χ2v) is 12.1. The monoisotopic (exact) mass is 816 g/mol. The maximum Gasteiger partial charge on any atom is 0.416 e. The second kappa shape index (κ2) is 15.1. The lowest BCUT2D eigenvalue weighted by atomic mass is 9.88. The highest BCUT2D eigenvalue weighted by Gasteiger charge is 2.39. The molecule has 4 nitrogen and oxygen atoms in total. The zero-order valence-corrected chi connectivity index (χ0v) is 28.2. The highest BCUT2D eigenvalue weighted by atomic mass is 19.4. The summed E-state index contributed by atoms with van der Waals surface area (Å²) in [5.41, 5.74) is -14.8. The molecule has 0 aliphatic rings. The molecule has 0 atom stereocenters. The van der Waals surface area contributed by atoms with E-state index < -0.39 is 125 Å². The summed E-state index contributed by atoms with van der Waals surface area (Å²) >= 11 is 0. The van der Waals surface area contributed by atoms with Crippen LogP contribution in [0.4, 0.5) is 61.5 Å². The van der Waals surface area contributed by atoms with E-state index in [2.05, 4.69) is 0 Å². The Morgan fingerprint density at radius 1 is 0.397 bits per heavy atom. The van der Waals surface area contributed by atoms with E-state index in [1.807, 2.05) is 0 Å². The lowest BCUT2D eigenvalue weighted by Gasteiger charge is -2.17. The van der Waals surface area contributed by atoms with Crippen molar-refractivity contribution in [3.8, 4) is 46.5 Å². The summed E-state index contributed by atoms with van der Waals surface area (Å²) in [5.74, 6) is -2.56. The molecule has 292 valence electrons. The molecule has 5 rings (SSSR count). The fourth-order valence-electron chi connectivity index (χ4n) is 5.80. The molecule has 58 heavy (non-hydrogen) atoms. The minimum atomic E-state index is -5.43. The smallest absolute Gasteiger partial charge is 0.206 e. The Morgan fingerprint density at radius 3 is 0.914 bits per heavy atom. The van der Waals surface area contributed by atoms with E-state index in [4.69, 9.17) is 0 Å². The van der Waals surface area contributed by atoms with Gasteiger partial charge in [0.05, 0.1) is 44.5 Å². The van der Waals surface area contributed by atoms with Crippen LogP contribution < -0.4 is 10.4 Å². The first-order valence-corrected chi connectivity index (χ1v) is 15.6. The minimum Gasteiger partial charge on any atom is -0.206 e. The molecule has 5 aromatic carbocycles. The van der Waals surface area contributed by atoms with Crippen LogP contribution in [0.1, 0.15) is 44.5 Å². The van der Waals surface area contributed by atoms with Gasteiger partial charge in [0.1, 0.15) is 35.9 Å². The van der Waals surface area contributed by atoms with Crippen molar-refractivity contribution in [3.63, 3.8) is 0 Å². The first-order chi connectivity index (χ1) is 26.9. The number of halogens is 14. The van der Waals surface area contributed by atoms with Gasteiger partial charge >= 0.3 is 24.7 Å². The van der Waals surface area contributed by atoms with Crippen molar-refractivity contribution < 1.29 is 61.5 Å². The van der Waals surface area contributed by atoms with Crippen LogP contribution in [0.2, 0.25) is 0 Å². The lowest BCUT2D eigenvalue weighted by molar-refractivity contribution is -0.144. The van der Waals surface area contributed by atoms with Crippen LogP contribution in [-0.2, 0) is 24.7 Å². The molecule has 5 aromatic rings. The lowest BCUT2D eigenvalue weighted by Crippen LogP contribution is -2.21. The maximum absolute atomic E-state index is 15.1. The summed E-state index contributed by atoms with van der Waals surface area (Å²) in [5, 5.41) is 38.0. The molecule has 0 radical (unpaired) electrons. The van der Waals surface area contributed by atoms with Gasteiger partial charge in [-0.05, 0) is 106 Å². The predicted octanol–water partition coefficient (Wildman–Crippen LogP) is 10.6. The normalized spacial score (nSPS) is 13.1. The van der Waals surface area contributed by atoms with E-state index in [0.717, 1.165) is 36.4 Å². The summed E-state index contributed by atoms with van der Waals surface area (Å²) in [6, 6.07) is 12.6. The number of alkyl halides is 12. The number of benzene rings is 5. The third-order valence-electron chi connectivity index (χ3n) is 8.47. The largest absolute Gasteiger partial charge is 0.416 e. The molecule has 0 aliphatic heterocycles. The Bertz CT molecular complexity index is 2540. The van der Waals surface area contributed by atoms with Crippen LogP contribution in [0.5, 0.6) is 0 Å². The Hall–Kier alpha value is -7.18. The summed E-state index contributed by atoms with van der Waals surface area (Å²) in [6.07, 6.45) is -21.7. The average Bonchev–Trinajstić information content (AvgIpc) is 3.14. The Morgan fingerprint density at radius 2 is 0.690 bits per heavy atom. The highest BCUT2D eigenvalue weighted by molar-refractivity contribution is 5.87. The molecule has 0 aliphatic carbocycles. The molecule has 0 aromatic heterocycles. The van der Waals surface area contributed by atoms with E-state index in [1.165, 1.54) is 24.3 Å². The van der Waals surface area contributed by atoms with Crippen molar-refractivity contribution in [1.82, 2.24) is 0 Å². The topological polar surface area (TPSA) is 95.2 Å². The maximum atomic E-state index is 15.1. The highest BCUT2D eigenvalue weighted by Crippen LogP contribution is 2.39. The van der Waals surface area contributed by atoms with Gasteiger partial charge in [-0.25, -0.2) is 8.78 Å². The quantitative estimate of drug-likeness (QED) is 0.169. The van der Waals surface area contributed by atoms with Crippen molar-refractivity contribution in [2.75, 3.05) is 0 Å². The SMILES string of the molecule is N#C/C(c1cc(C(F)(F)F)cc(C(F)(F)F)c1)=c1/cc(-c2ccc(C#N)c(F)c2)/c(=C(\C#N)c2cc(C(F)(F)F)cc(C(F)(F)F)c2)cc1-c1ccc(C#N)c(F)c1. The van der Waals surface area contributed by atoms with Gasteiger partial charge in [0, 0.05) is 10.4 Å². The van der Waals surface area contributed by atoms with Gasteiger partial charge in [-0.3, -0.25) is 0 Å². The fourth-order valence-corrected chi connectivity index (χ4v) is 5.80. The van der Waals surface area contributed by atoms with Crippen LogP contribution in [0.25, 0.3) is 33.4 Å². The van der Waals surface area contributed by atoms with E-state index in [1.54, 1.807) is 0 Å². The van der Waals surface area contributed by atoms with Crippen LogP contribution in [-0.4, -0.2) is 0 Å². The van der Waals surface area contributed by atoms with E-state index >= 15 is 8.78 Å². The van der Waals surface area contributed by atoms with Crippen molar-refractivity contribution in [1.29, 1.82) is 21.0 Å². The van der Waals surface area contributed by atoms with Crippen LogP contribution in [0.3, 0.4) is 0 Å². The first kappa shape index (κ1) is 42.0. The summed E-state index contributed by atoms with van der Waals surface area (Å²) in [7, 11) is 0. The molecular formula is C40H14F14N4. The standard InChI is InChI=1S/C40H14F14N4/c41-35-9-19(1-3-21(35)15-55)29-13-32(34(18-58)24-7-27(39(49,50)51)12-28(8-24)40(52,53)54)30(20-2-4-22(16-56)36(42)10-20)14-31(29)33(17-57)23-5-25(37(43,44)45)11-26(6-23)38(46,47)48/h1-14H/b33-31+,34-32+. The molecule has 0 amide bonds. The number of hydrogen-bond donors (Lipinski definition) is 0. The minimum absolute atomic E-state index is 0.167. The van der Waals surface area contributed by atoms with E-state index in [0.29, 0.717) is 12.1 Å². The zero-order valence-electron chi connectivity index (χ0n) is 28.2. The zero-order chi connectivity index (χ0) is 43.1.